The smallest absolute Gasteiger partial charge is 1.00 e. The Morgan fingerprint density at radius 2 is 2.07 bits per heavy atom. The monoisotopic (exact) mass is 261 g/mol. The normalized spacial score (nSPS) is 11.4. The molecule has 0 fully saturated rings. The third kappa shape index (κ3) is 11.0. The van der Waals surface area contributed by atoms with Gasteiger partial charge in [-0.3, -0.25) is 9.35 Å². The van der Waals surface area contributed by atoms with E-state index in [2.05, 4.69) is 11.9 Å². The molecule has 5 nitrogen and oxygen atoms in total. The van der Waals surface area contributed by atoms with Crippen molar-refractivity contribution >= 4 is 16.0 Å². The largest absolute Gasteiger partial charge is 1.00 e. The van der Waals surface area contributed by atoms with Crippen LogP contribution in [0.1, 0.15) is 15.3 Å². The molecule has 0 aliphatic heterocycles. The van der Waals surface area contributed by atoms with E-state index in [0.717, 1.165) is 6.08 Å². The molecule has 0 atom stereocenters. The zero-order chi connectivity index (χ0) is 11.4. The van der Waals surface area contributed by atoms with E-state index < -0.39 is 21.3 Å². The van der Waals surface area contributed by atoms with Crippen LogP contribution in [0.2, 0.25) is 0 Å². The van der Waals surface area contributed by atoms with Crippen LogP contribution in [0.3, 0.4) is 0 Å². The third-order valence-corrected chi connectivity index (χ3v) is 2.65. The van der Waals surface area contributed by atoms with E-state index in [9.17, 15) is 13.2 Å². The van der Waals surface area contributed by atoms with Gasteiger partial charge in [-0.1, -0.05) is 20.4 Å². The average molecular weight is 261 g/mol. The summed E-state index contributed by atoms with van der Waals surface area (Å²) in [6, 6.07) is 0. The Balaban J connectivity index is -0.000000845. The maximum atomic E-state index is 10.8. The number of nitrogens with one attached hydrogen (secondary N) is 1. The van der Waals surface area contributed by atoms with E-state index in [1.165, 1.54) is 0 Å². The van der Waals surface area contributed by atoms with E-state index in [0.29, 0.717) is 0 Å². The molecule has 0 aromatic rings. The van der Waals surface area contributed by atoms with Crippen molar-refractivity contribution in [2.24, 2.45) is 5.41 Å². The van der Waals surface area contributed by atoms with Gasteiger partial charge in [-0.15, -0.1) is 0 Å². The minimum atomic E-state index is -4.01. The van der Waals surface area contributed by atoms with E-state index in [1.54, 1.807) is 13.8 Å². The van der Waals surface area contributed by atoms with Gasteiger partial charge in [-0.05, 0) is 11.5 Å². The van der Waals surface area contributed by atoms with Gasteiger partial charge in [-0.25, -0.2) is 0 Å². The van der Waals surface area contributed by atoms with Crippen molar-refractivity contribution in [3.8, 4) is 0 Å². The van der Waals surface area contributed by atoms with Crippen LogP contribution in [0.4, 0.5) is 0 Å². The van der Waals surface area contributed by atoms with Gasteiger partial charge in [-0.2, -0.15) is 8.42 Å². The third-order valence-electron chi connectivity index (χ3n) is 1.50. The topological polar surface area (TPSA) is 83.5 Å². The summed E-state index contributed by atoms with van der Waals surface area (Å²) in [7, 11) is -4.01. The van der Waals surface area contributed by atoms with Gasteiger partial charge in [0.25, 0.3) is 10.1 Å². The van der Waals surface area contributed by atoms with Crippen molar-refractivity contribution in [2.75, 3.05) is 12.3 Å². The molecule has 0 aromatic heterocycles. The summed E-state index contributed by atoms with van der Waals surface area (Å²) in [5.41, 5.74) is -0.702. The fourth-order valence-electron chi connectivity index (χ4n) is 0.943. The second-order valence-electron chi connectivity index (χ2n) is 3.81. The first-order chi connectivity index (χ1) is 6.16. The van der Waals surface area contributed by atoms with Gasteiger partial charge in [0.1, 0.15) is 0 Å². The molecular formula is C8H16KNO4S. The first-order valence-electron chi connectivity index (χ1n) is 4.02. The van der Waals surface area contributed by atoms with Crippen molar-refractivity contribution in [2.45, 2.75) is 13.8 Å². The molecule has 0 radical (unpaired) electrons. The van der Waals surface area contributed by atoms with Gasteiger partial charge >= 0.3 is 51.4 Å². The summed E-state index contributed by atoms with van der Waals surface area (Å²) in [5, 5.41) is 2.46. The van der Waals surface area contributed by atoms with Gasteiger partial charge < -0.3 is 6.74 Å². The minimum Gasteiger partial charge on any atom is -1.00 e. The fraction of sp³-hybridized carbons (Fsp3) is 0.625. The van der Waals surface area contributed by atoms with Gasteiger partial charge in [0.2, 0.25) is 5.91 Å². The van der Waals surface area contributed by atoms with E-state index in [1.807, 2.05) is 0 Å². The summed E-state index contributed by atoms with van der Waals surface area (Å²) < 4.78 is 29.8. The van der Waals surface area contributed by atoms with Crippen LogP contribution in [0.25, 0.3) is 0 Å². The van der Waals surface area contributed by atoms with Crippen LogP contribution in [-0.4, -0.2) is 31.2 Å². The number of hydrogen-bond acceptors (Lipinski definition) is 3. The predicted octanol–water partition coefficient (Wildman–Crippen LogP) is -2.68. The molecule has 0 spiro atoms. The Bertz CT molecular complexity index is 329. The Morgan fingerprint density at radius 3 is 2.40 bits per heavy atom. The van der Waals surface area contributed by atoms with Gasteiger partial charge in [0.15, 0.2) is 0 Å². The molecule has 7 heteroatoms. The molecule has 0 heterocycles. The molecule has 84 valence electrons. The molecule has 0 bridgehead atoms. The summed E-state index contributed by atoms with van der Waals surface area (Å²) in [5.74, 6) is -0.759. The zero-order valence-electron chi connectivity index (χ0n) is 10.3. The number of carbonyl (C=O) groups is 1. The Morgan fingerprint density at radius 1 is 1.60 bits per heavy atom. The quantitative estimate of drug-likeness (QED) is 0.321. The molecule has 0 aliphatic carbocycles. The molecule has 15 heavy (non-hydrogen) atoms. The summed E-state index contributed by atoms with van der Waals surface area (Å²) in [6.45, 7) is 6.68. The molecule has 0 saturated heterocycles. The average Bonchev–Trinajstić information content (AvgIpc) is 1.96. The molecule has 1 amide bonds. The summed E-state index contributed by atoms with van der Waals surface area (Å²) >= 11 is 0. The number of rotatable bonds is 5. The van der Waals surface area contributed by atoms with Crippen molar-refractivity contribution in [1.29, 1.82) is 0 Å². The molecule has 0 rings (SSSR count). The van der Waals surface area contributed by atoms with Crippen molar-refractivity contribution < 1.29 is 70.6 Å². The van der Waals surface area contributed by atoms with Crippen molar-refractivity contribution in [3.63, 3.8) is 0 Å². The van der Waals surface area contributed by atoms with Crippen molar-refractivity contribution in [1.82, 2.24) is 5.32 Å². The first-order valence-corrected chi connectivity index (χ1v) is 5.63. The second-order valence-corrected chi connectivity index (χ2v) is 5.26. The standard InChI is InChI=1S/C8H15NO4S.K.H/c1-4-7(10)9-5-8(2,3)6-14(11,12)13;;/h4H,1,5-6H2,2-3H3,(H,9,10)(H,11,12,13);;/q;+1;-1. The maximum Gasteiger partial charge on any atom is 1.00 e. The summed E-state index contributed by atoms with van der Waals surface area (Å²) in [6.07, 6.45) is 1.10. The first kappa shape index (κ1) is 18.1. The van der Waals surface area contributed by atoms with E-state index >= 15 is 0 Å². The summed E-state index contributed by atoms with van der Waals surface area (Å²) in [4.78, 5) is 10.8. The molecular weight excluding hydrogens is 245 g/mol. The van der Waals surface area contributed by atoms with Gasteiger partial charge in [0, 0.05) is 6.54 Å². The van der Waals surface area contributed by atoms with Crippen molar-refractivity contribution in [3.05, 3.63) is 12.7 Å². The predicted molar refractivity (Wildman–Crippen MR) is 54.5 cm³/mol. The Kier molecular flexibility index (Phi) is 8.65. The molecule has 0 saturated carbocycles. The molecule has 0 aromatic carbocycles. The Hall–Kier alpha value is 0.756. The van der Waals surface area contributed by atoms with Gasteiger partial charge in [0.05, 0.1) is 5.75 Å². The molecule has 0 aliphatic rings. The fourth-order valence-corrected chi connectivity index (χ4v) is 2.03. The van der Waals surface area contributed by atoms with Crippen LogP contribution >= 0.6 is 0 Å². The maximum absolute atomic E-state index is 10.8. The SMILES string of the molecule is C=CC(=O)NCC(C)(C)CS(=O)(=O)O.[H-].[K+]. The Labute approximate surface area is 134 Å². The van der Waals surface area contributed by atoms with Crippen LogP contribution in [0.5, 0.6) is 0 Å². The second kappa shape index (κ2) is 7.15. The van der Waals surface area contributed by atoms with Crippen LogP contribution in [0, 0.1) is 5.41 Å². The minimum absolute atomic E-state index is 0. The van der Waals surface area contributed by atoms with Crippen LogP contribution in [0.15, 0.2) is 12.7 Å². The zero-order valence-corrected chi connectivity index (χ0v) is 13.2. The van der Waals surface area contributed by atoms with E-state index in [-0.39, 0.29) is 65.3 Å². The van der Waals surface area contributed by atoms with Crippen LogP contribution < -0.4 is 56.7 Å². The number of hydrogen-bond donors (Lipinski definition) is 2. The molecule has 2 N–H and O–H groups in total. The molecule has 0 unspecified atom stereocenters. The van der Waals surface area contributed by atoms with Crippen LogP contribution in [-0.2, 0) is 14.9 Å². The number of amides is 1. The van der Waals surface area contributed by atoms with E-state index in [4.69, 9.17) is 4.55 Å². The number of carbonyl (C=O) groups excluding carboxylic acids is 1.